The number of carbonyl (C=O) groups excluding carboxylic acids is 3. The van der Waals surface area contributed by atoms with Crippen LogP contribution >= 0.6 is 0 Å². The molecule has 1 atom stereocenters. The number of hydrogen-bond donors (Lipinski definition) is 0. The molecule has 0 fully saturated rings. The van der Waals surface area contributed by atoms with Gasteiger partial charge in [0.1, 0.15) is 5.76 Å². The molecule has 132 valence electrons. The van der Waals surface area contributed by atoms with Gasteiger partial charge in [-0.3, -0.25) is 19.0 Å². The van der Waals surface area contributed by atoms with Crippen LogP contribution in [0.25, 0.3) is 16.7 Å². The standard InChI is InChI=1S/C22H15NO4/c1-12(24)23-11-17(13-6-4-5-9-18(13)23)16-10-19(25)27-22-15-8-3-2-7-14(15)21(26)20(16)22/h2-9,11,16H,10H2,1H3/t16-/m0/s1. The van der Waals surface area contributed by atoms with Crippen molar-refractivity contribution >= 4 is 34.3 Å². The van der Waals surface area contributed by atoms with Crippen LogP contribution in [0.1, 0.15) is 45.5 Å². The zero-order valence-corrected chi connectivity index (χ0v) is 14.6. The van der Waals surface area contributed by atoms with E-state index in [1.807, 2.05) is 30.3 Å². The number of ether oxygens (including phenoxy) is 1. The van der Waals surface area contributed by atoms with Crippen LogP contribution in [-0.4, -0.2) is 22.2 Å². The number of benzene rings is 2. The van der Waals surface area contributed by atoms with Crippen molar-refractivity contribution in [1.29, 1.82) is 0 Å². The number of nitrogens with zero attached hydrogens (tertiary/aromatic N) is 1. The average molecular weight is 357 g/mol. The Hall–Kier alpha value is -3.47. The summed E-state index contributed by atoms with van der Waals surface area (Å²) in [4.78, 5) is 37.5. The van der Waals surface area contributed by atoms with Gasteiger partial charge in [0.2, 0.25) is 5.91 Å². The van der Waals surface area contributed by atoms with Crippen LogP contribution in [0.3, 0.4) is 0 Å². The van der Waals surface area contributed by atoms with Crippen molar-refractivity contribution in [2.75, 3.05) is 0 Å². The Balaban J connectivity index is 1.76. The number of hydrogen-bond acceptors (Lipinski definition) is 4. The molecule has 5 rings (SSSR count). The van der Waals surface area contributed by atoms with Crippen LogP contribution in [0.2, 0.25) is 0 Å². The summed E-state index contributed by atoms with van der Waals surface area (Å²) in [6, 6.07) is 14.7. The Kier molecular flexibility index (Phi) is 3.22. The lowest BCUT2D eigenvalue weighted by Crippen LogP contribution is -2.20. The first-order chi connectivity index (χ1) is 13.1. The molecule has 0 radical (unpaired) electrons. The molecule has 2 aromatic carbocycles. The topological polar surface area (TPSA) is 65.4 Å². The van der Waals surface area contributed by atoms with Gasteiger partial charge in [-0.15, -0.1) is 0 Å². The molecule has 1 aliphatic carbocycles. The predicted molar refractivity (Wildman–Crippen MR) is 99.4 cm³/mol. The first-order valence-electron chi connectivity index (χ1n) is 8.76. The molecule has 5 heteroatoms. The van der Waals surface area contributed by atoms with E-state index in [9.17, 15) is 14.4 Å². The third-order valence-corrected chi connectivity index (χ3v) is 5.30. The van der Waals surface area contributed by atoms with Gasteiger partial charge < -0.3 is 4.74 Å². The normalized spacial score (nSPS) is 18.5. The molecule has 0 N–H and O–H groups in total. The highest BCUT2D eigenvalue weighted by atomic mass is 16.5. The summed E-state index contributed by atoms with van der Waals surface area (Å²) in [5.74, 6) is -0.685. The van der Waals surface area contributed by atoms with Crippen molar-refractivity contribution in [3.63, 3.8) is 0 Å². The lowest BCUT2D eigenvalue weighted by Gasteiger charge is -2.23. The van der Waals surface area contributed by atoms with E-state index in [4.69, 9.17) is 4.74 Å². The van der Waals surface area contributed by atoms with Crippen LogP contribution in [-0.2, 0) is 9.53 Å². The van der Waals surface area contributed by atoms with E-state index in [1.165, 1.54) is 6.92 Å². The fourth-order valence-corrected chi connectivity index (χ4v) is 4.13. The van der Waals surface area contributed by atoms with Gasteiger partial charge >= 0.3 is 5.97 Å². The molecule has 27 heavy (non-hydrogen) atoms. The molecule has 0 bridgehead atoms. The van der Waals surface area contributed by atoms with Crippen molar-refractivity contribution in [1.82, 2.24) is 4.57 Å². The molecular weight excluding hydrogens is 342 g/mol. The smallest absolute Gasteiger partial charge is 0.312 e. The van der Waals surface area contributed by atoms with Gasteiger partial charge in [0.15, 0.2) is 5.78 Å². The summed E-state index contributed by atoms with van der Waals surface area (Å²) < 4.78 is 7.04. The van der Waals surface area contributed by atoms with Crippen molar-refractivity contribution in [3.05, 3.63) is 77.0 Å². The van der Waals surface area contributed by atoms with E-state index < -0.39 is 5.92 Å². The quantitative estimate of drug-likeness (QED) is 0.619. The highest BCUT2D eigenvalue weighted by Gasteiger charge is 2.42. The van der Waals surface area contributed by atoms with Gasteiger partial charge in [0.25, 0.3) is 0 Å². The Morgan fingerprint density at radius 2 is 1.74 bits per heavy atom. The summed E-state index contributed by atoms with van der Waals surface area (Å²) >= 11 is 0. The molecule has 0 unspecified atom stereocenters. The summed E-state index contributed by atoms with van der Waals surface area (Å²) in [5.41, 5.74) is 3.28. The summed E-state index contributed by atoms with van der Waals surface area (Å²) in [5, 5.41) is 0.864. The van der Waals surface area contributed by atoms with E-state index >= 15 is 0 Å². The maximum Gasteiger partial charge on any atom is 0.312 e. The predicted octanol–water partition coefficient (Wildman–Crippen LogP) is 3.94. The largest absolute Gasteiger partial charge is 0.425 e. The van der Waals surface area contributed by atoms with Gasteiger partial charge in [-0.25, -0.2) is 0 Å². The van der Waals surface area contributed by atoms with E-state index in [-0.39, 0.29) is 24.1 Å². The average Bonchev–Trinajstić information content (AvgIpc) is 3.19. The Morgan fingerprint density at radius 1 is 1.04 bits per heavy atom. The fraction of sp³-hybridized carbons (Fsp3) is 0.136. The van der Waals surface area contributed by atoms with E-state index in [2.05, 4.69) is 0 Å². The number of fused-ring (bicyclic) bond motifs is 3. The van der Waals surface area contributed by atoms with Crippen molar-refractivity contribution < 1.29 is 19.1 Å². The second kappa shape index (κ2) is 5.51. The highest BCUT2D eigenvalue weighted by molar-refractivity contribution is 6.22. The van der Waals surface area contributed by atoms with Crippen LogP contribution in [0, 0.1) is 0 Å². The second-order valence-electron chi connectivity index (χ2n) is 6.84. The van der Waals surface area contributed by atoms with Gasteiger partial charge in [0.05, 0.1) is 17.5 Å². The number of aromatic nitrogens is 1. The molecule has 5 nitrogen and oxygen atoms in total. The Labute approximate surface area is 154 Å². The molecule has 3 aromatic rings. The fourth-order valence-electron chi connectivity index (χ4n) is 4.13. The van der Waals surface area contributed by atoms with Crippen LogP contribution in [0.4, 0.5) is 0 Å². The Bertz CT molecular complexity index is 1200. The van der Waals surface area contributed by atoms with Crippen LogP contribution in [0.15, 0.2) is 60.3 Å². The maximum absolute atomic E-state index is 13.1. The third-order valence-electron chi connectivity index (χ3n) is 5.30. The Morgan fingerprint density at radius 3 is 2.52 bits per heavy atom. The minimum absolute atomic E-state index is 0.0739. The molecule has 2 heterocycles. The number of Topliss-reactive ketones (excluding diaryl/α,β-unsaturated/α-hetero) is 1. The van der Waals surface area contributed by atoms with E-state index in [1.54, 1.807) is 29.0 Å². The second-order valence-corrected chi connectivity index (χ2v) is 6.84. The molecule has 2 aliphatic rings. The molecule has 0 saturated heterocycles. The van der Waals surface area contributed by atoms with E-state index in [0.717, 1.165) is 16.5 Å². The zero-order valence-electron chi connectivity index (χ0n) is 14.6. The van der Waals surface area contributed by atoms with Gasteiger partial charge in [0, 0.05) is 35.6 Å². The number of carbonyl (C=O) groups is 3. The lowest BCUT2D eigenvalue weighted by atomic mass is 9.85. The number of allylic oxidation sites excluding steroid dienone is 1. The first kappa shape index (κ1) is 15.8. The molecule has 1 aliphatic heterocycles. The van der Waals surface area contributed by atoms with Crippen molar-refractivity contribution in [2.24, 2.45) is 0 Å². The first-order valence-corrected chi connectivity index (χ1v) is 8.76. The van der Waals surface area contributed by atoms with Crippen LogP contribution in [0.5, 0.6) is 0 Å². The van der Waals surface area contributed by atoms with Crippen molar-refractivity contribution in [2.45, 2.75) is 19.3 Å². The zero-order chi connectivity index (χ0) is 18.7. The molecule has 0 amide bonds. The van der Waals surface area contributed by atoms with E-state index in [0.29, 0.717) is 22.5 Å². The number of esters is 1. The highest BCUT2D eigenvalue weighted by Crippen LogP contribution is 2.47. The third kappa shape index (κ3) is 2.15. The van der Waals surface area contributed by atoms with Crippen LogP contribution < -0.4 is 0 Å². The SMILES string of the molecule is CC(=O)n1cc([C@@H]2CC(=O)OC3=C2C(=O)c2ccccc23)c2ccccc21. The number of para-hydroxylation sites is 1. The minimum atomic E-state index is -0.438. The molecule has 0 saturated carbocycles. The molecular formula is C22H15NO4. The van der Waals surface area contributed by atoms with Gasteiger partial charge in [-0.2, -0.15) is 0 Å². The van der Waals surface area contributed by atoms with Crippen molar-refractivity contribution in [3.8, 4) is 0 Å². The monoisotopic (exact) mass is 357 g/mol. The summed E-state index contributed by atoms with van der Waals surface area (Å²) in [7, 11) is 0. The number of ketones is 1. The summed E-state index contributed by atoms with van der Waals surface area (Å²) in [6.07, 6.45) is 1.82. The minimum Gasteiger partial charge on any atom is -0.425 e. The summed E-state index contributed by atoms with van der Waals surface area (Å²) in [6.45, 7) is 1.49. The number of rotatable bonds is 1. The molecule has 1 aromatic heterocycles. The van der Waals surface area contributed by atoms with Gasteiger partial charge in [-0.05, 0) is 11.6 Å². The lowest BCUT2D eigenvalue weighted by molar-refractivity contribution is -0.137. The maximum atomic E-state index is 13.1. The van der Waals surface area contributed by atoms with Gasteiger partial charge in [-0.1, -0.05) is 42.5 Å². The molecule has 0 spiro atoms.